The van der Waals surface area contributed by atoms with Gasteiger partial charge in [0.2, 0.25) is 0 Å². The molecule has 3 aromatic carbocycles. The molecule has 0 saturated carbocycles. The van der Waals surface area contributed by atoms with Gasteiger partial charge in [-0.2, -0.15) is 5.10 Å². The Morgan fingerprint density at radius 3 is 2.68 bits per heavy atom. The van der Waals surface area contributed by atoms with Gasteiger partial charge in [0, 0.05) is 41.3 Å². The number of nitrogens with zero attached hydrogens (tertiary/aromatic N) is 3. The maximum absolute atomic E-state index is 15.0. The number of hydrogen-bond acceptors (Lipinski definition) is 6. The van der Waals surface area contributed by atoms with E-state index < -0.39 is 12.1 Å². The number of rotatable bonds is 7. The Morgan fingerprint density at radius 1 is 1.16 bits per heavy atom. The maximum atomic E-state index is 15.0. The SMILES string of the molecule is Cc1nc(-c2ccc(Oc3ccc(F)c4c3CC[C@H]4Oc3ccc4c(c3)OC[C@H]4CC(=O)O)cc2)nn1C. The van der Waals surface area contributed by atoms with Crippen LogP contribution in [0.5, 0.6) is 23.0 Å². The molecule has 0 bridgehead atoms. The van der Waals surface area contributed by atoms with Crippen LogP contribution in [-0.2, 0) is 18.3 Å². The van der Waals surface area contributed by atoms with Gasteiger partial charge in [-0.15, -0.1) is 0 Å². The lowest BCUT2D eigenvalue weighted by atomic mass is 9.98. The molecule has 1 N–H and O–H groups in total. The molecule has 2 heterocycles. The molecule has 1 aromatic heterocycles. The molecule has 38 heavy (non-hydrogen) atoms. The number of carboxylic acid groups (broad SMARTS) is 1. The first-order valence-electron chi connectivity index (χ1n) is 12.5. The molecule has 2 aliphatic rings. The Balaban J connectivity index is 1.20. The van der Waals surface area contributed by atoms with Gasteiger partial charge in [-0.3, -0.25) is 9.48 Å². The van der Waals surface area contributed by atoms with E-state index in [-0.39, 0.29) is 18.2 Å². The van der Waals surface area contributed by atoms with Crippen molar-refractivity contribution in [2.45, 2.75) is 38.2 Å². The fourth-order valence-electron chi connectivity index (χ4n) is 5.11. The van der Waals surface area contributed by atoms with E-state index in [1.807, 2.05) is 44.3 Å². The van der Waals surface area contributed by atoms with Crippen molar-refractivity contribution in [3.05, 3.63) is 82.9 Å². The van der Waals surface area contributed by atoms with Crippen molar-refractivity contribution in [1.82, 2.24) is 14.8 Å². The highest BCUT2D eigenvalue weighted by molar-refractivity contribution is 5.69. The number of aryl methyl sites for hydroxylation is 2. The Bertz CT molecular complexity index is 1510. The summed E-state index contributed by atoms with van der Waals surface area (Å²) in [7, 11) is 1.85. The predicted octanol–water partition coefficient (Wildman–Crippen LogP) is 5.74. The zero-order valence-corrected chi connectivity index (χ0v) is 21.0. The monoisotopic (exact) mass is 515 g/mol. The standard InChI is InChI=1S/C29H26FN3O5/c1-16-31-29(32-33(16)2)17-3-5-19(6-4-17)37-24-12-10-23(30)28-22(24)9-11-25(28)38-20-7-8-21-18(13-27(34)35)15-36-26(21)14-20/h3-8,10,12,14,18,25H,9,11,13,15H2,1-2H3,(H,34,35)/t18-,25-/m1/s1. The Kier molecular flexibility index (Phi) is 5.98. The maximum Gasteiger partial charge on any atom is 0.304 e. The topological polar surface area (TPSA) is 95.7 Å². The van der Waals surface area contributed by atoms with E-state index in [9.17, 15) is 9.18 Å². The molecular formula is C29H26FN3O5. The molecule has 1 aliphatic carbocycles. The number of hydrogen-bond donors (Lipinski definition) is 1. The highest BCUT2D eigenvalue weighted by Crippen LogP contribution is 2.44. The lowest BCUT2D eigenvalue weighted by Crippen LogP contribution is -2.07. The number of aliphatic carboxylic acids is 1. The minimum absolute atomic E-state index is 0.0135. The summed E-state index contributed by atoms with van der Waals surface area (Å²) < 4.78 is 34.8. The van der Waals surface area contributed by atoms with Gasteiger partial charge in [0.1, 0.15) is 40.7 Å². The third-order valence-electron chi connectivity index (χ3n) is 7.12. The molecule has 6 rings (SSSR count). The normalized spacial score (nSPS) is 17.6. The molecule has 0 amide bonds. The molecule has 9 heteroatoms. The Hall–Kier alpha value is -4.40. The molecule has 194 valence electrons. The molecule has 0 unspecified atom stereocenters. The number of carboxylic acids is 1. The van der Waals surface area contributed by atoms with Crippen molar-refractivity contribution >= 4 is 5.97 Å². The fraction of sp³-hybridized carbons (Fsp3) is 0.276. The van der Waals surface area contributed by atoms with Crippen molar-refractivity contribution in [3.63, 3.8) is 0 Å². The summed E-state index contributed by atoms with van der Waals surface area (Å²) in [6.07, 6.45) is 0.767. The number of fused-ring (bicyclic) bond motifs is 2. The summed E-state index contributed by atoms with van der Waals surface area (Å²) in [6.45, 7) is 2.22. The van der Waals surface area contributed by atoms with E-state index in [1.165, 1.54) is 6.07 Å². The molecule has 0 saturated heterocycles. The predicted molar refractivity (Wildman–Crippen MR) is 136 cm³/mol. The number of halogens is 1. The average molecular weight is 516 g/mol. The van der Waals surface area contributed by atoms with Crippen LogP contribution in [-0.4, -0.2) is 32.4 Å². The summed E-state index contributed by atoms with van der Waals surface area (Å²) >= 11 is 0. The number of carbonyl (C=O) groups is 1. The highest BCUT2D eigenvalue weighted by atomic mass is 19.1. The largest absolute Gasteiger partial charge is 0.492 e. The van der Waals surface area contributed by atoms with Gasteiger partial charge in [-0.05, 0) is 62.2 Å². The first kappa shape index (κ1) is 24.0. The lowest BCUT2D eigenvalue weighted by Gasteiger charge is -2.17. The third-order valence-corrected chi connectivity index (χ3v) is 7.12. The van der Waals surface area contributed by atoms with E-state index in [2.05, 4.69) is 10.1 Å². The first-order chi connectivity index (χ1) is 18.4. The average Bonchev–Trinajstić information content (AvgIpc) is 3.59. The van der Waals surface area contributed by atoms with Crippen LogP contribution in [0.1, 0.15) is 47.4 Å². The second kappa shape index (κ2) is 9.48. The van der Waals surface area contributed by atoms with Crippen molar-refractivity contribution in [1.29, 1.82) is 0 Å². The highest BCUT2D eigenvalue weighted by Gasteiger charge is 2.32. The van der Waals surface area contributed by atoms with Crippen LogP contribution in [0.25, 0.3) is 11.4 Å². The van der Waals surface area contributed by atoms with Gasteiger partial charge in [0.05, 0.1) is 13.0 Å². The van der Waals surface area contributed by atoms with Gasteiger partial charge in [-0.1, -0.05) is 6.07 Å². The van der Waals surface area contributed by atoms with E-state index in [1.54, 1.807) is 22.9 Å². The fourth-order valence-corrected chi connectivity index (χ4v) is 5.11. The molecule has 0 fully saturated rings. The molecule has 1 aliphatic heterocycles. The van der Waals surface area contributed by atoms with Gasteiger partial charge in [0.25, 0.3) is 0 Å². The van der Waals surface area contributed by atoms with Gasteiger partial charge >= 0.3 is 5.97 Å². The van der Waals surface area contributed by atoms with Crippen LogP contribution >= 0.6 is 0 Å². The zero-order valence-electron chi connectivity index (χ0n) is 21.0. The van der Waals surface area contributed by atoms with Crippen LogP contribution in [0.2, 0.25) is 0 Å². The van der Waals surface area contributed by atoms with Crippen molar-refractivity contribution in [2.75, 3.05) is 6.61 Å². The van der Waals surface area contributed by atoms with Crippen LogP contribution < -0.4 is 14.2 Å². The van der Waals surface area contributed by atoms with Gasteiger partial charge in [0.15, 0.2) is 5.82 Å². The van der Waals surface area contributed by atoms with E-state index in [4.69, 9.17) is 19.3 Å². The second-order valence-electron chi connectivity index (χ2n) is 9.62. The van der Waals surface area contributed by atoms with Crippen molar-refractivity contribution in [2.24, 2.45) is 7.05 Å². The molecule has 4 aromatic rings. The van der Waals surface area contributed by atoms with Gasteiger partial charge in [-0.25, -0.2) is 9.37 Å². The summed E-state index contributed by atoms with van der Waals surface area (Å²) in [5, 5.41) is 13.5. The quantitative estimate of drug-likeness (QED) is 0.335. The third kappa shape index (κ3) is 4.44. The van der Waals surface area contributed by atoms with E-state index >= 15 is 0 Å². The van der Waals surface area contributed by atoms with Gasteiger partial charge < -0.3 is 19.3 Å². The molecule has 0 spiro atoms. The minimum Gasteiger partial charge on any atom is -0.492 e. The summed E-state index contributed by atoms with van der Waals surface area (Å²) in [4.78, 5) is 15.6. The smallest absolute Gasteiger partial charge is 0.304 e. The van der Waals surface area contributed by atoms with Crippen LogP contribution in [0, 0.1) is 12.7 Å². The first-order valence-corrected chi connectivity index (χ1v) is 12.5. The van der Waals surface area contributed by atoms with E-state index in [0.717, 1.165) is 22.5 Å². The Labute approximate surface area is 218 Å². The molecular weight excluding hydrogens is 489 g/mol. The van der Waals surface area contributed by atoms with Crippen molar-refractivity contribution < 1.29 is 28.5 Å². The molecule has 2 atom stereocenters. The minimum atomic E-state index is -0.862. The number of aromatic nitrogens is 3. The summed E-state index contributed by atoms with van der Waals surface area (Å²) in [5.41, 5.74) is 3.03. The number of ether oxygens (including phenoxy) is 3. The summed E-state index contributed by atoms with van der Waals surface area (Å²) in [6, 6.07) is 15.9. The lowest BCUT2D eigenvalue weighted by molar-refractivity contribution is -0.137. The van der Waals surface area contributed by atoms with Crippen molar-refractivity contribution in [3.8, 4) is 34.4 Å². The van der Waals surface area contributed by atoms with Crippen LogP contribution in [0.4, 0.5) is 4.39 Å². The second-order valence-corrected chi connectivity index (χ2v) is 9.62. The Morgan fingerprint density at radius 2 is 1.95 bits per heavy atom. The van der Waals surface area contributed by atoms with E-state index in [0.29, 0.717) is 53.8 Å². The number of benzene rings is 3. The molecule has 8 nitrogen and oxygen atoms in total. The molecule has 0 radical (unpaired) electrons. The van der Waals surface area contributed by atoms with Crippen LogP contribution in [0.15, 0.2) is 54.6 Å². The summed E-state index contributed by atoms with van der Waals surface area (Å²) in [5.74, 6) is 2.50. The zero-order chi connectivity index (χ0) is 26.4. The van der Waals surface area contributed by atoms with Crippen LogP contribution in [0.3, 0.4) is 0 Å².